The molecule has 4 nitrogen and oxygen atoms in total. The van der Waals surface area contributed by atoms with Crippen LogP contribution in [0.1, 0.15) is 27.8 Å². The van der Waals surface area contributed by atoms with E-state index in [1.807, 2.05) is 24.3 Å². The minimum atomic E-state index is -0.686. The van der Waals surface area contributed by atoms with E-state index in [0.29, 0.717) is 17.5 Å². The Morgan fingerprint density at radius 2 is 0.965 bits per heavy atom. The molecule has 10 aromatic rings. The van der Waals surface area contributed by atoms with Gasteiger partial charge in [0, 0.05) is 27.5 Å². The van der Waals surface area contributed by atoms with Gasteiger partial charge in [-0.25, -0.2) is 15.0 Å². The van der Waals surface area contributed by atoms with Gasteiger partial charge in [-0.05, 0) is 86.8 Å². The second kappa shape index (κ2) is 12.0. The third kappa shape index (κ3) is 4.53. The number of para-hydroxylation sites is 1. The van der Waals surface area contributed by atoms with Crippen molar-refractivity contribution in [3.05, 3.63) is 210 Å². The first kappa shape index (κ1) is 31.9. The number of nitrogens with zero attached hydrogens (tertiary/aromatic N) is 3. The summed E-state index contributed by atoms with van der Waals surface area (Å²) in [5.74, 6) is 1.92. The molecule has 1 spiro atoms. The molecule has 0 amide bonds. The fourth-order valence-electron chi connectivity index (χ4n) is 9.67. The van der Waals surface area contributed by atoms with Gasteiger partial charge in [-0.1, -0.05) is 163 Å². The first-order chi connectivity index (χ1) is 28.2. The molecule has 0 radical (unpaired) electrons. The highest BCUT2D eigenvalue weighted by atomic mass is 16.3. The predicted octanol–water partition coefficient (Wildman–Crippen LogP) is 13.1. The Balaban J connectivity index is 1.22. The third-order valence-corrected chi connectivity index (χ3v) is 12.0. The maximum atomic E-state index is 6.54. The average molecular weight is 728 g/mol. The predicted molar refractivity (Wildman–Crippen MR) is 230 cm³/mol. The molecule has 0 fully saturated rings. The maximum absolute atomic E-state index is 6.54. The van der Waals surface area contributed by atoms with Crippen molar-refractivity contribution in [3.63, 3.8) is 0 Å². The van der Waals surface area contributed by atoms with Gasteiger partial charge in [-0.15, -0.1) is 0 Å². The van der Waals surface area contributed by atoms with Crippen molar-refractivity contribution in [2.24, 2.45) is 0 Å². The zero-order valence-electron chi connectivity index (χ0n) is 31.1. The van der Waals surface area contributed by atoms with Crippen LogP contribution < -0.4 is 0 Å². The molecule has 2 aliphatic carbocycles. The van der Waals surface area contributed by atoms with E-state index in [4.69, 9.17) is 19.4 Å². The van der Waals surface area contributed by atoms with Crippen molar-refractivity contribution in [1.29, 1.82) is 0 Å². The van der Waals surface area contributed by atoms with E-state index in [1.54, 1.807) is 0 Å². The molecule has 0 saturated carbocycles. The van der Waals surface area contributed by atoms with Crippen molar-refractivity contribution in [2.75, 3.05) is 0 Å². The molecule has 266 valence electrons. The normalized spacial score (nSPS) is 14.8. The van der Waals surface area contributed by atoms with Gasteiger partial charge in [0.15, 0.2) is 17.5 Å². The fraction of sp³-hybridized carbons (Fsp3) is 0.0377. The van der Waals surface area contributed by atoms with E-state index in [9.17, 15) is 0 Å². The molecule has 1 atom stereocenters. The van der Waals surface area contributed by atoms with E-state index in [0.717, 1.165) is 44.2 Å². The number of hydrogen-bond donors (Lipinski definition) is 0. The molecular formula is C53H33N3O. The lowest BCUT2D eigenvalue weighted by atomic mass is 9.65. The summed E-state index contributed by atoms with van der Waals surface area (Å²) in [6, 6.07) is 65.2. The first-order valence-electron chi connectivity index (χ1n) is 19.4. The summed E-state index contributed by atoms with van der Waals surface area (Å²) in [5.41, 5.74) is 17.3. The molecule has 0 aliphatic heterocycles. The number of hydrogen-bond acceptors (Lipinski definition) is 4. The zero-order chi connectivity index (χ0) is 37.7. The Morgan fingerprint density at radius 3 is 1.72 bits per heavy atom. The average Bonchev–Trinajstić information content (AvgIpc) is 3.77. The van der Waals surface area contributed by atoms with E-state index >= 15 is 0 Å². The number of furan rings is 1. The topological polar surface area (TPSA) is 51.8 Å². The molecule has 8 aromatic carbocycles. The summed E-state index contributed by atoms with van der Waals surface area (Å²) in [6.45, 7) is 2.10. The smallest absolute Gasteiger partial charge is 0.164 e. The summed E-state index contributed by atoms with van der Waals surface area (Å²) < 4.78 is 6.54. The van der Waals surface area contributed by atoms with Crippen LogP contribution >= 0.6 is 0 Å². The quantitative estimate of drug-likeness (QED) is 0.182. The molecule has 0 saturated heterocycles. The molecule has 2 aromatic heterocycles. The van der Waals surface area contributed by atoms with Gasteiger partial charge in [0.05, 0.1) is 5.41 Å². The summed E-state index contributed by atoms with van der Waals surface area (Å²) >= 11 is 0. The van der Waals surface area contributed by atoms with Crippen LogP contribution in [0.4, 0.5) is 0 Å². The van der Waals surface area contributed by atoms with Crippen LogP contribution in [0.5, 0.6) is 0 Å². The van der Waals surface area contributed by atoms with Crippen LogP contribution in [-0.4, -0.2) is 15.0 Å². The number of aryl methyl sites for hydroxylation is 1. The van der Waals surface area contributed by atoms with E-state index in [1.165, 1.54) is 55.6 Å². The van der Waals surface area contributed by atoms with Gasteiger partial charge in [0.25, 0.3) is 0 Å². The van der Waals surface area contributed by atoms with E-state index < -0.39 is 5.41 Å². The van der Waals surface area contributed by atoms with Crippen LogP contribution in [0, 0.1) is 6.92 Å². The summed E-state index contributed by atoms with van der Waals surface area (Å²) in [4.78, 5) is 15.5. The van der Waals surface area contributed by atoms with Crippen LogP contribution in [0.15, 0.2) is 186 Å². The molecule has 2 heterocycles. The van der Waals surface area contributed by atoms with Gasteiger partial charge in [-0.2, -0.15) is 0 Å². The SMILES string of the molecule is Cc1cccc(-c2nc(-c3ccccc3)nc(-c3ccc4c(c3)C3(c5ccccc5-c5ccccc5-4)c4ccccc4-c4c3ccc3oc5ccccc5c43)n2)c1. The molecule has 57 heavy (non-hydrogen) atoms. The van der Waals surface area contributed by atoms with E-state index in [2.05, 4.69) is 165 Å². The van der Waals surface area contributed by atoms with Crippen molar-refractivity contribution in [1.82, 2.24) is 15.0 Å². The van der Waals surface area contributed by atoms with Gasteiger partial charge >= 0.3 is 0 Å². The first-order valence-corrected chi connectivity index (χ1v) is 19.4. The number of aromatic nitrogens is 3. The van der Waals surface area contributed by atoms with Crippen molar-refractivity contribution >= 4 is 21.9 Å². The number of rotatable bonds is 3. The Morgan fingerprint density at radius 1 is 0.386 bits per heavy atom. The Bertz CT molecular complexity index is 3270. The molecule has 4 heteroatoms. The van der Waals surface area contributed by atoms with Crippen molar-refractivity contribution in [2.45, 2.75) is 12.3 Å². The molecule has 2 aliphatic rings. The highest BCUT2D eigenvalue weighted by Crippen LogP contribution is 2.63. The lowest BCUT2D eigenvalue weighted by Gasteiger charge is -2.35. The lowest BCUT2D eigenvalue weighted by molar-refractivity contribution is 0.668. The monoisotopic (exact) mass is 727 g/mol. The number of fused-ring (bicyclic) bond motifs is 16. The highest BCUT2D eigenvalue weighted by molar-refractivity contribution is 6.16. The Hall–Kier alpha value is -7.43. The Kier molecular flexibility index (Phi) is 6.73. The minimum Gasteiger partial charge on any atom is -0.456 e. The van der Waals surface area contributed by atoms with Crippen LogP contribution in [0.3, 0.4) is 0 Å². The number of benzene rings is 8. The second-order valence-electron chi connectivity index (χ2n) is 15.1. The standard InChI is InChI=1S/C53H33N3O/c1-32-14-13-17-34(30-32)51-54-50(33-15-3-2-4-16-33)55-52(56-51)35-26-27-39-37-19-6-5-18-36(37)38-20-7-10-23-42(38)53(45(39)31-35)43-24-11-8-21-40(43)48-44(53)28-29-47-49(48)41-22-9-12-25-46(41)57-47/h2-31H,1H3. The summed E-state index contributed by atoms with van der Waals surface area (Å²) in [5, 5.41) is 2.27. The maximum Gasteiger partial charge on any atom is 0.164 e. The van der Waals surface area contributed by atoms with Gasteiger partial charge < -0.3 is 4.42 Å². The van der Waals surface area contributed by atoms with Gasteiger partial charge in [-0.3, -0.25) is 0 Å². The Labute approximate surface area is 329 Å². The lowest BCUT2D eigenvalue weighted by Crippen LogP contribution is -2.29. The van der Waals surface area contributed by atoms with E-state index in [-0.39, 0.29) is 0 Å². The third-order valence-electron chi connectivity index (χ3n) is 12.0. The second-order valence-corrected chi connectivity index (χ2v) is 15.1. The minimum absolute atomic E-state index is 0.631. The molecule has 0 bridgehead atoms. The molecular weight excluding hydrogens is 695 g/mol. The van der Waals surface area contributed by atoms with Crippen molar-refractivity contribution in [3.8, 4) is 67.5 Å². The van der Waals surface area contributed by atoms with Crippen LogP contribution in [-0.2, 0) is 5.41 Å². The van der Waals surface area contributed by atoms with Gasteiger partial charge in [0.1, 0.15) is 11.2 Å². The molecule has 1 unspecified atom stereocenters. The van der Waals surface area contributed by atoms with Gasteiger partial charge in [0.2, 0.25) is 0 Å². The van der Waals surface area contributed by atoms with Crippen LogP contribution in [0.2, 0.25) is 0 Å². The largest absolute Gasteiger partial charge is 0.456 e. The summed E-state index contributed by atoms with van der Waals surface area (Å²) in [6.07, 6.45) is 0. The fourth-order valence-corrected chi connectivity index (χ4v) is 9.67. The van der Waals surface area contributed by atoms with Crippen molar-refractivity contribution < 1.29 is 4.42 Å². The summed E-state index contributed by atoms with van der Waals surface area (Å²) in [7, 11) is 0. The molecule has 12 rings (SSSR count). The van der Waals surface area contributed by atoms with Crippen LogP contribution in [0.25, 0.3) is 89.5 Å². The zero-order valence-corrected chi connectivity index (χ0v) is 31.1. The highest BCUT2D eigenvalue weighted by Gasteiger charge is 2.50. The molecule has 0 N–H and O–H groups in total.